The molecule has 1 rings (SSSR count). The van der Waals surface area contributed by atoms with Crippen LogP contribution in [0.5, 0.6) is 0 Å². The van der Waals surface area contributed by atoms with Gasteiger partial charge in [-0.25, -0.2) is 4.99 Å². The molecule has 0 saturated heterocycles. The second-order valence-electron chi connectivity index (χ2n) is 1.91. The Bertz CT molecular complexity index is 345. The number of nitrogens with zero attached hydrogens (tertiary/aromatic N) is 1. The zero-order chi connectivity index (χ0) is 10.8. The number of ketones is 1. The minimum Gasteiger partial charge on any atom is -0.290 e. The van der Waals surface area contributed by atoms with Gasteiger partial charge in [0.1, 0.15) is 0 Å². The average Bonchev–Trinajstić information content (AvgIpc) is 2.07. The second-order valence-corrected chi connectivity index (χ2v) is 1.91. The van der Waals surface area contributed by atoms with Gasteiger partial charge >= 0.3 is 0 Å². The van der Waals surface area contributed by atoms with Crippen molar-refractivity contribution in [2.75, 3.05) is 0 Å². The lowest BCUT2D eigenvalue weighted by molar-refractivity contribution is -0.115. The molecule has 0 aliphatic heterocycles. The van der Waals surface area contributed by atoms with Crippen LogP contribution in [-0.4, -0.2) is 17.4 Å². The van der Waals surface area contributed by atoms with Crippen molar-refractivity contribution < 1.29 is 13.7 Å². The average molecular weight is 152 g/mol. The molecule has 11 heavy (non-hydrogen) atoms. The normalized spacial score (nSPS) is 20.5. The zero-order valence-electron chi connectivity index (χ0n) is 8.57. The van der Waals surface area contributed by atoms with Crippen molar-refractivity contribution in [3.05, 3.63) is 24.3 Å². The molecule has 1 amide bonds. The molecular formula is C8H7NO2. The lowest BCUT2D eigenvalue weighted by atomic mass is 10.2. The van der Waals surface area contributed by atoms with E-state index in [0.717, 1.165) is 0 Å². The van der Waals surface area contributed by atoms with Crippen LogP contribution >= 0.6 is 0 Å². The monoisotopic (exact) mass is 152 g/mol. The summed E-state index contributed by atoms with van der Waals surface area (Å²) in [6.45, 7) is -2.73. The molecule has 0 saturated carbocycles. The molecule has 3 nitrogen and oxygen atoms in total. The van der Waals surface area contributed by atoms with Crippen LogP contribution in [0.4, 0.5) is 0 Å². The van der Waals surface area contributed by atoms with Gasteiger partial charge < -0.3 is 0 Å². The summed E-state index contributed by atoms with van der Waals surface area (Å²) in [5, 5.41) is 0. The van der Waals surface area contributed by atoms with Gasteiger partial charge in [-0.05, 0) is 24.3 Å². The van der Waals surface area contributed by atoms with Gasteiger partial charge in [0, 0.05) is 11.0 Å². The quantitative estimate of drug-likeness (QED) is 0.479. The molecule has 0 spiro atoms. The third-order valence-electron chi connectivity index (χ3n) is 1.07. The highest BCUT2D eigenvalue weighted by Crippen LogP contribution is 1.95. The molecule has 1 aliphatic carbocycles. The van der Waals surface area contributed by atoms with E-state index in [1.165, 1.54) is 24.3 Å². The van der Waals surface area contributed by atoms with Gasteiger partial charge in [0.15, 0.2) is 5.78 Å². The number of allylic oxidation sites excluding steroid dienone is 4. The SMILES string of the molecule is [2H]C([2H])([2H])C(=O)N=C1C=CC(=O)C=C1. The van der Waals surface area contributed by atoms with E-state index in [4.69, 9.17) is 4.11 Å². The van der Waals surface area contributed by atoms with Crippen molar-refractivity contribution >= 4 is 17.4 Å². The van der Waals surface area contributed by atoms with Crippen LogP contribution in [0.2, 0.25) is 0 Å². The van der Waals surface area contributed by atoms with Crippen LogP contribution in [0.15, 0.2) is 29.3 Å². The Kier molecular flexibility index (Phi) is 1.22. The summed E-state index contributed by atoms with van der Waals surface area (Å²) in [7, 11) is 0. The number of aliphatic imine (C=N–C) groups is 1. The molecule has 0 fully saturated rings. The summed E-state index contributed by atoms with van der Waals surface area (Å²) in [4.78, 5) is 24.9. The number of carbonyl (C=O) groups excluding carboxylic acids is 2. The maximum atomic E-state index is 10.9. The highest BCUT2D eigenvalue weighted by Gasteiger charge is 1.99. The third kappa shape index (κ3) is 2.29. The van der Waals surface area contributed by atoms with Gasteiger partial charge in [0.2, 0.25) is 5.91 Å². The molecule has 0 heterocycles. The molecule has 0 aromatic rings. The fourth-order valence-corrected chi connectivity index (χ4v) is 0.638. The van der Waals surface area contributed by atoms with Gasteiger partial charge in [0.25, 0.3) is 0 Å². The lowest BCUT2D eigenvalue weighted by Gasteiger charge is -1.95. The number of hydrogen-bond donors (Lipinski definition) is 0. The highest BCUT2D eigenvalue weighted by atomic mass is 16.1. The zero-order valence-corrected chi connectivity index (χ0v) is 5.57. The van der Waals surface area contributed by atoms with Gasteiger partial charge in [-0.3, -0.25) is 9.59 Å². The molecule has 0 radical (unpaired) electrons. The Morgan fingerprint density at radius 3 is 2.64 bits per heavy atom. The Balaban J connectivity index is 2.82. The maximum absolute atomic E-state index is 10.9. The fourth-order valence-electron chi connectivity index (χ4n) is 0.638. The number of carbonyl (C=O) groups is 2. The third-order valence-corrected chi connectivity index (χ3v) is 1.07. The lowest BCUT2D eigenvalue weighted by Crippen LogP contribution is -2.01. The first-order valence-corrected chi connectivity index (χ1v) is 2.93. The van der Waals surface area contributed by atoms with Crippen molar-refractivity contribution in [3.63, 3.8) is 0 Å². The van der Waals surface area contributed by atoms with Crippen molar-refractivity contribution in [2.24, 2.45) is 4.99 Å². The molecule has 0 atom stereocenters. The topological polar surface area (TPSA) is 46.5 Å². The molecule has 0 aromatic heterocycles. The van der Waals surface area contributed by atoms with Crippen molar-refractivity contribution in [2.45, 2.75) is 6.85 Å². The summed E-state index contributed by atoms with van der Waals surface area (Å²) in [6, 6.07) is 0. The molecule has 0 unspecified atom stereocenters. The Hall–Kier alpha value is -1.51. The van der Waals surface area contributed by atoms with Gasteiger partial charge in [-0.15, -0.1) is 0 Å². The minimum atomic E-state index is -2.73. The van der Waals surface area contributed by atoms with Gasteiger partial charge in [0.05, 0.1) is 5.71 Å². The van der Waals surface area contributed by atoms with Crippen LogP contribution < -0.4 is 0 Å². The molecule has 0 aromatic carbocycles. The Morgan fingerprint density at radius 2 is 2.09 bits per heavy atom. The summed E-state index contributed by atoms with van der Waals surface area (Å²) in [6.07, 6.45) is 5.02. The second kappa shape index (κ2) is 3.05. The van der Waals surface area contributed by atoms with Crippen molar-refractivity contribution in [3.8, 4) is 0 Å². The van der Waals surface area contributed by atoms with E-state index in [1.54, 1.807) is 0 Å². The largest absolute Gasteiger partial charge is 0.290 e. The molecular weight excluding hydrogens is 142 g/mol. The number of rotatable bonds is 0. The molecule has 0 bridgehead atoms. The van der Waals surface area contributed by atoms with E-state index in [-0.39, 0.29) is 11.5 Å². The number of amides is 1. The van der Waals surface area contributed by atoms with E-state index in [2.05, 4.69) is 4.99 Å². The van der Waals surface area contributed by atoms with Crippen LogP contribution in [0.25, 0.3) is 0 Å². The summed E-state index contributed by atoms with van der Waals surface area (Å²) in [5.41, 5.74) is 0.172. The smallest absolute Gasteiger partial charge is 0.243 e. The van der Waals surface area contributed by atoms with E-state index < -0.39 is 12.8 Å². The van der Waals surface area contributed by atoms with Crippen LogP contribution in [0, 0.1) is 0 Å². The molecule has 3 heteroatoms. The summed E-state index contributed by atoms with van der Waals surface area (Å²) in [5.74, 6) is -1.40. The van der Waals surface area contributed by atoms with Crippen LogP contribution in [0.1, 0.15) is 11.0 Å². The highest BCUT2D eigenvalue weighted by molar-refractivity contribution is 6.18. The summed E-state index contributed by atoms with van der Waals surface area (Å²) < 4.78 is 20.3. The molecule has 56 valence electrons. The predicted molar refractivity (Wildman–Crippen MR) is 41.4 cm³/mol. The van der Waals surface area contributed by atoms with E-state index in [9.17, 15) is 9.59 Å². The predicted octanol–water partition coefficient (Wildman–Crippen LogP) is 0.669. The Morgan fingerprint density at radius 1 is 1.45 bits per heavy atom. The molecule has 1 aliphatic rings. The van der Waals surface area contributed by atoms with Gasteiger partial charge in [-0.1, -0.05) is 0 Å². The fraction of sp³-hybridized carbons (Fsp3) is 0.125. The standard InChI is InChI=1S/C8H7NO2/c1-6(10)9-7-2-4-8(11)5-3-7/h2-5H,1H3/i1D3. The van der Waals surface area contributed by atoms with Crippen molar-refractivity contribution in [1.29, 1.82) is 0 Å². The van der Waals surface area contributed by atoms with E-state index >= 15 is 0 Å². The van der Waals surface area contributed by atoms with E-state index in [0.29, 0.717) is 0 Å². The van der Waals surface area contributed by atoms with E-state index in [1.807, 2.05) is 0 Å². The summed E-state index contributed by atoms with van der Waals surface area (Å²) >= 11 is 0. The first-order valence-electron chi connectivity index (χ1n) is 4.43. The number of hydrogen-bond acceptors (Lipinski definition) is 2. The Labute approximate surface area is 68.3 Å². The first kappa shape index (κ1) is 4.38. The van der Waals surface area contributed by atoms with Gasteiger partial charge in [-0.2, -0.15) is 0 Å². The van der Waals surface area contributed by atoms with Crippen LogP contribution in [-0.2, 0) is 9.59 Å². The van der Waals surface area contributed by atoms with Crippen LogP contribution in [0.3, 0.4) is 0 Å². The molecule has 0 N–H and O–H groups in total. The maximum Gasteiger partial charge on any atom is 0.243 e. The first-order chi connectivity index (χ1) is 6.39. The minimum absolute atomic E-state index is 0.172. The van der Waals surface area contributed by atoms with Crippen molar-refractivity contribution in [1.82, 2.24) is 0 Å².